The average Bonchev–Trinajstić information content (AvgIpc) is 3.28. The SMILES string of the molecule is Cc1ccc(S(=O)(=O)NC(CNC(=O)c2ccc3nc(CCC4CCNCC4)[nH]c3c2)C(=O)O)cc1. The number of carboxylic acid groups (broad SMARTS) is 1. The Hall–Kier alpha value is -3.28. The number of H-pyrrole nitrogens is 1. The number of rotatable bonds is 10. The van der Waals surface area contributed by atoms with Crippen LogP contribution in [0, 0.1) is 12.8 Å². The smallest absolute Gasteiger partial charge is 0.323 e. The van der Waals surface area contributed by atoms with Crippen LogP contribution in [0.5, 0.6) is 0 Å². The minimum atomic E-state index is -4.07. The highest BCUT2D eigenvalue weighted by molar-refractivity contribution is 7.89. The molecule has 0 aliphatic carbocycles. The lowest BCUT2D eigenvalue weighted by Gasteiger charge is -2.21. The van der Waals surface area contributed by atoms with Crippen LogP contribution in [-0.2, 0) is 21.2 Å². The van der Waals surface area contributed by atoms with Gasteiger partial charge in [0.15, 0.2) is 0 Å². The number of hydrogen-bond donors (Lipinski definition) is 5. The Kier molecular flexibility index (Phi) is 8.02. The van der Waals surface area contributed by atoms with Gasteiger partial charge in [-0.1, -0.05) is 17.7 Å². The van der Waals surface area contributed by atoms with Crippen LogP contribution in [0.25, 0.3) is 11.0 Å². The van der Waals surface area contributed by atoms with Crippen molar-refractivity contribution in [3.63, 3.8) is 0 Å². The molecule has 1 atom stereocenters. The molecule has 1 amide bonds. The molecule has 1 fully saturated rings. The van der Waals surface area contributed by atoms with Gasteiger partial charge in [-0.3, -0.25) is 9.59 Å². The van der Waals surface area contributed by atoms with Crippen molar-refractivity contribution in [1.82, 2.24) is 25.3 Å². The summed E-state index contributed by atoms with van der Waals surface area (Å²) in [6.07, 6.45) is 4.23. The molecular weight excluding hydrogens is 482 g/mol. The summed E-state index contributed by atoms with van der Waals surface area (Å²) < 4.78 is 27.3. The minimum absolute atomic E-state index is 0.0497. The average molecular weight is 514 g/mol. The second kappa shape index (κ2) is 11.2. The fourth-order valence-corrected chi connectivity index (χ4v) is 5.47. The molecule has 0 radical (unpaired) electrons. The van der Waals surface area contributed by atoms with E-state index in [-0.39, 0.29) is 4.90 Å². The lowest BCUT2D eigenvalue weighted by molar-refractivity contribution is -0.138. The van der Waals surface area contributed by atoms with Crippen molar-refractivity contribution in [2.24, 2.45) is 5.92 Å². The van der Waals surface area contributed by atoms with Gasteiger partial charge in [0.25, 0.3) is 5.91 Å². The maximum absolute atomic E-state index is 12.7. The lowest BCUT2D eigenvalue weighted by Crippen LogP contribution is -2.48. The van der Waals surface area contributed by atoms with Crippen LogP contribution in [-0.4, -0.2) is 61.0 Å². The number of hydrogen-bond acceptors (Lipinski definition) is 6. The third-order valence-electron chi connectivity index (χ3n) is 6.43. The molecule has 0 spiro atoms. The second-order valence-electron chi connectivity index (χ2n) is 9.18. The molecule has 2 aromatic carbocycles. The maximum atomic E-state index is 12.7. The molecule has 0 saturated carbocycles. The first kappa shape index (κ1) is 25.8. The Balaban J connectivity index is 1.37. The number of aliphatic carboxylic acids is 1. The van der Waals surface area contributed by atoms with Crippen LogP contribution in [0.3, 0.4) is 0 Å². The Morgan fingerprint density at radius 1 is 1.14 bits per heavy atom. The topological polar surface area (TPSA) is 153 Å². The second-order valence-corrected chi connectivity index (χ2v) is 10.9. The number of carbonyl (C=O) groups is 2. The molecule has 3 aromatic rings. The number of carbonyl (C=O) groups excluding carboxylic acids is 1. The predicted octanol–water partition coefficient (Wildman–Crippen LogP) is 1.97. The number of benzene rings is 2. The lowest BCUT2D eigenvalue weighted by atomic mass is 9.93. The van der Waals surface area contributed by atoms with Gasteiger partial charge in [-0.25, -0.2) is 13.4 Å². The molecule has 1 aliphatic rings. The van der Waals surface area contributed by atoms with Crippen molar-refractivity contribution in [3.8, 4) is 0 Å². The molecule has 5 N–H and O–H groups in total. The molecular formula is C25H31N5O5S. The number of aromatic nitrogens is 2. The van der Waals surface area contributed by atoms with E-state index in [1.54, 1.807) is 30.3 Å². The van der Waals surface area contributed by atoms with Crippen LogP contribution in [0.2, 0.25) is 0 Å². The number of sulfonamides is 1. The molecule has 36 heavy (non-hydrogen) atoms. The van der Waals surface area contributed by atoms with Crippen LogP contribution in [0.4, 0.5) is 0 Å². The van der Waals surface area contributed by atoms with E-state index in [0.29, 0.717) is 11.5 Å². The van der Waals surface area contributed by atoms with E-state index in [0.717, 1.165) is 48.4 Å². The maximum Gasteiger partial charge on any atom is 0.323 e. The number of aryl methyl sites for hydroxylation is 2. The molecule has 11 heteroatoms. The summed E-state index contributed by atoms with van der Waals surface area (Å²) in [6, 6.07) is 9.53. The van der Waals surface area contributed by atoms with Crippen LogP contribution in [0.1, 0.15) is 41.0 Å². The van der Waals surface area contributed by atoms with Crippen molar-refractivity contribution in [2.45, 2.75) is 43.5 Å². The van der Waals surface area contributed by atoms with Gasteiger partial charge in [-0.2, -0.15) is 4.72 Å². The van der Waals surface area contributed by atoms with Gasteiger partial charge < -0.3 is 20.7 Å². The summed E-state index contributed by atoms with van der Waals surface area (Å²) in [5.74, 6) is -0.346. The van der Waals surface area contributed by atoms with Crippen molar-refractivity contribution in [1.29, 1.82) is 0 Å². The summed E-state index contributed by atoms with van der Waals surface area (Å²) >= 11 is 0. The van der Waals surface area contributed by atoms with E-state index in [4.69, 9.17) is 0 Å². The van der Waals surface area contributed by atoms with E-state index >= 15 is 0 Å². The molecule has 192 valence electrons. The van der Waals surface area contributed by atoms with E-state index in [9.17, 15) is 23.1 Å². The highest BCUT2D eigenvalue weighted by atomic mass is 32.2. The van der Waals surface area contributed by atoms with Gasteiger partial charge in [0.2, 0.25) is 10.0 Å². The number of carboxylic acids is 1. The fraction of sp³-hybridized carbons (Fsp3) is 0.400. The van der Waals surface area contributed by atoms with Crippen molar-refractivity contribution in [3.05, 3.63) is 59.4 Å². The number of nitrogens with one attached hydrogen (secondary N) is 4. The number of piperidine rings is 1. The zero-order chi connectivity index (χ0) is 25.7. The van der Waals surface area contributed by atoms with E-state index in [1.807, 2.05) is 6.92 Å². The van der Waals surface area contributed by atoms with E-state index in [2.05, 4.69) is 25.3 Å². The van der Waals surface area contributed by atoms with Gasteiger partial charge in [0.1, 0.15) is 11.9 Å². The highest BCUT2D eigenvalue weighted by Gasteiger charge is 2.26. The molecule has 4 rings (SSSR count). The van der Waals surface area contributed by atoms with Crippen molar-refractivity contribution in [2.75, 3.05) is 19.6 Å². The molecule has 0 bridgehead atoms. The molecule has 1 saturated heterocycles. The molecule has 1 aliphatic heterocycles. The summed E-state index contributed by atoms with van der Waals surface area (Å²) in [5.41, 5.74) is 2.67. The van der Waals surface area contributed by atoms with E-state index < -0.39 is 34.5 Å². The first-order chi connectivity index (χ1) is 17.2. The number of aromatic amines is 1. The fourth-order valence-electron chi connectivity index (χ4n) is 4.28. The largest absolute Gasteiger partial charge is 0.480 e. The van der Waals surface area contributed by atoms with Crippen LogP contribution >= 0.6 is 0 Å². The molecule has 10 nitrogen and oxygen atoms in total. The van der Waals surface area contributed by atoms with Crippen molar-refractivity contribution < 1.29 is 23.1 Å². The van der Waals surface area contributed by atoms with Crippen molar-refractivity contribution >= 4 is 32.9 Å². The van der Waals surface area contributed by atoms with Gasteiger partial charge in [-0.05, 0) is 75.5 Å². The summed E-state index contributed by atoms with van der Waals surface area (Å²) in [7, 11) is -4.07. The van der Waals surface area contributed by atoms with Gasteiger partial charge in [0, 0.05) is 18.5 Å². The molecule has 1 unspecified atom stereocenters. The van der Waals surface area contributed by atoms with Crippen LogP contribution < -0.4 is 15.4 Å². The predicted molar refractivity (Wildman–Crippen MR) is 135 cm³/mol. The number of fused-ring (bicyclic) bond motifs is 1. The highest BCUT2D eigenvalue weighted by Crippen LogP contribution is 2.20. The first-order valence-electron chi connectivity index (χ1n) is 12.0. The van der Waals surface area contributed by atoms with Crippen LogP contribution in [0.15, 0.2) is 47.4 Å². The molecule has 2 heterocycles. The standard InChI is InChI=1S/C25H31N5O5S/c1-16-2-6-19(7-3-16)36(34,35)30-22(25(32)33)15-27-24(31)18-5-8-20-21(14-18)29-23(28-20)9-4-17-10-12-26-13-11-17/h2-3,5-8,14,17,22,26,30H,4,9-13,15H2,1H3,(H,27,31)(H,28,29)(H,32,33). The Morgan fingerprint density at radius 3 is 2.56 bits per heavy atom. The third-order valence-corrected chi connectivity index (χ3v) is 7.92. The van der Waals surface area contributed by atoms with Gasteiger partial charge in [-0.15, -0.1) is 0 Å². The normalized spacial score (nSPS) is 15.6. The number of nitrogens with zero attached hydrogens (tertiary/aromatic N) is 1. The summed E-state index contributed by atoms with van der Waals surface area (Å²) in [5, 5.41) is 15.4. The summed E-state index contributed by atoms with van der Waals surface area (Å²) in [6.45, 7) is 3.51. The third kappa shape index (κ3) is 6.48. The quantitative estimate of drug-likeness (QED) is 0.278. The minimum Gasteiger partial charge on any atom is -0.480 e. The van der Waals surface area contributed by atoms with Gasteiger partial charge in [0.05, 0.1) is 15.9 Å². The van der Waals surface area contributed by atoms with E-state index in [1.165, 1.54) is 25.0 Å². The summed E-state index contributed by atoms with van der Waals surface area (Å²) in [4.78, 5) is 32.2. The molecule has 1 aromatic heterocycles. The zero-order valence-corrected chi connectivity index (χ0v) is 20.9. The number of amides is 1. The zero-order valence-electron chi connectivity index (χ0n) is 20.1. The Bertz CT molecular complexity index is 1330. The first-order valence-corrected chi connectivity index (χ1v) is 13.5. The monoisotopic (exact) mass is 513 g/mol. The Morgan fingerprint density at radius 2 is 1.86 bits per heavy atom. The van der Waals surface area contributed by atoms with Gasteiger partial charge >= 0.3 is 5.97 Å². The number of imidazole rings is 1. The Labute approximate surface area is 210 Å².